The Morgan fingerprint density at radius 2 is 2.00 bits per heavy atom. The number of amides is 1. The lowest BCUT2D eigenvalue weighted by molar-refractivity contribution is -0.384. The molecule has 0 bridgehead atoms. The smallest absolute Gasteiger partial charge is 0.271 e. The van der Waals surface area contributed by atoms with Crippen LogP contribution in [0.2, 0.25) is 0 Å². The van der Waals surface area contributed by atoms with Gasteiger partial charge >= 0.3 is 0 Å². The molecule has 1 aliphatic carbocycles. The molecule has 1 N–H and O–H groups in total. The predicted octanol–water partition coefficient (Wildman–Crippen LogP) is 4.18. The van der Waals surface area contributed by atoms with Crippen LogP contribution in [-0.4, -0.2) is 38.0 Å². The van der Waals surface area contributed by atoms with E-state index in [1.165, 1.54) is 37.1 Å². The number of hydrogen-bond donors (Lipinski definition) is 1. The van der Waals surface area contributed by atoms with Gasteiger partial charge in [0.05, 0.1) is 23.0 Å². The van der Waals surface area contributed by atoms with Crippen molar-refractivity contribution in [2.75, 3.05) is 12.4 Å². The molecule has 1 fully saturated rings. The lowest BCUT2D eigenvalue weighted by Gasteiger charge is -2.15. The van der Waals surface area contributed by atoms with Gasteiger partial charge in [0.15, 0.2) is 5.16 Å². The van der Waals surface area contributed by atoms with Crippen molar-refractivity contribution >= 4 is 29.0 Å². The Bertz CT molecular complexity index is 1110. The Balaban J connectivity index is 1.55. The van der Waals surface area contributed by atoms with E-state index in [1.807, 2.05) is 34.9 Å². The van der Waals surface area contributed by atoms with Crippen molar-refractivity contribution in [2.45, 2.75) is 36.1 Å². The number of hydrogen-bond acceptors (Lipinski definition) is 7. The molecule has 1 atom stereocenters. The van der Waals surface area contributed by atoms with Crippen LogP contribution in [0.5, 0.6) is 5.75 Å². The van der Waals surface area contributed by atoms with Crippen molar-refractivity contribution in [3.05, 3.63) is 64.5 Å². The predicted molar refractivity (Wildman–Crippen MR) is 117 cm³/mol. The Kier molecular flexibility index (Phi) is 5.90. The quantitative estimate of drug-likeness (QED) is 0.318. The van der Waals surface area contributed by atoms with Crippen LogP contribution in [0.3, 0.4) is 0 Å². The van der Waals surface area contributed by atoms with E-state index in [9.17, 15) is 14.9 Å². The molecule has 10 heteroatoms. The zero-order valence-electron chi connectivity index (χ0n) is 17.0. The Morgan fingerprint density at radius 3 is 2.65 bits per heavy atom. The van der Waals surface area contributed by atoms with Gasteiger partial charge in [0.2, 0.25) is 5.91 Å². The van der Waals surface area contributed by atoms with Gasteiger partial charge in [0.1, 0.15) is 11.6 Å². The average molecular weight is 439 g/mol. The minimum Gasteiger partial charge on any atom is -0.495 e. The number of rotatable bonds is 8. The summed E-state index contributed by atoms with van der Waals surface area (Å²) in [6.45, 7) is 1.75. The molecular formula is C21H21N5O4S. The number of carbonyl (C=O) groups excluding carboxylic acids is 1. The molecule has 1 aromatic heterocycles. The number of nitrogens with one attached hydrogen (secondary N) is 1. The van der Waals surface area contributed by atoms with E-state index in [2.05, 4.69) is 15.5 Å². The van der Waals surface area contributed by atoms with E-state index in [0.29, 0.717) is 16.8 Å². The third-order valence-corrected chi connectivity index (χ3v) is 5.96. The van der Waals surface area contributed by atoms with Crippen LogP contribution >= 0.6 is 11.8 Å². The van der Waals surface area contributed by atoms with Crippen LogP contribution in [0.15, 0.2) is 53.7 Å². The number of benzene rings is 2. The molecule has 0 saturated heterocycles. The molecule has 3 aromatic rings. The van der Waals surface area contributed by atoms with Crippen molar-refractivity contribution in [1.82, 2.24) is 14.8 Å². The van der Waals surface area contributed by atoms with Crippen molar-refractivity contribution in [2.24, 2.45) is 0 Å². The number of carbonyl (C=O) groups is 1. The molecule has 0 spiro atoms. The third-order valence-electron chi connectivity index (χ3n) is 4.92. The Morgan fingerprint density at radius 1 is 1.26 bits per heavy atom. The monoisotopic (exact) mass is 439 g/mol. The van der Waals surface area contributed by atoms with Gasteiger partial charge in [-0.2, -0.15) is 0 Å². The van der Waals surface area contributed by atoms with Gasteiger partial charge in [0, 0.05) is 23.7 Å². The number of non-ortho nitro benzene ring substituents is 1. The molecule has 1 aliphatic rings. The second-order valence-corrected chi connectivity index (χ2v) is 8.48. The lowest BCUT2D eigenvalue weighted by atomic mass is 10.2. The summed E-state index contributed by atoms with van der Waals surface area (Å²) in [7, 11) is 1.44. The van der Waals surface area contributed by atoms with E-state index in [0.717, 1.165) is 24.4 Å². The highest BCUT2D eigenvalue weighted by Crippen LogP contribution is 2.41. The number of para-hydroxylation sites is 1. The highest BCUT2D eigenvalue weighted by atomic mass is 32.2. The molecule has 0 radical (unpaired) electrons. The summed E-state index contributed by atoms with van der Waals surface area (Å²) in [6.07, 6.45) is 2.16. The molecule has 160 valence electrons. The van der Waals surface area contributed by atoms with Crippen molar-refractivity contribution in [3.63, 3.8) is 0 Å². The zero-order chi connectivity index (χ0) is 22.0. The first-order valence-corrected chi connectivity index (χ1v) is 10.7. The average Bonchev–Trinajstić information content (AvgIpc) is 3.54. The van der Waals surface area contributed by atoms with Gasteiger partial charge in [-0.3, -0.25) is 19.5 Å². The molecule has 0 aliphatic heterocycles. The first kappa shape index (κ1) is 20.9. The summed E-state index contributed by atoms with van der Waals surface area (Å²) < 4.78 is 7.22. The van der Waals surface area contributed by atoms with E-state index in [-0.39, 0.29) is 17.3 Å². The molecule has 0 unspecified atom stereocenters. The number of methoxy groups -OCH3 is 1. The number of ether oxygens (including phenoxy) is 1. The Labute approximate surface area is 183 Å². The highest BCUT2D eigenvalue weighted by Gasteiger charge is 2.32. The third kappa shape index (κ3) is 4.53. The van der Waals surface area contributed by atoms with E-state index >= 15 is 0 Å². The summed E-state index contributed by atoms with van der Waals surface area (Å²) >= 11 is 1.28. The fraction of sp³-hybridized carbons (Fsp3) is 0.286. The summed E-state index contributed by atoms with van der Waals surface area (Å²) in [5.41, 5.74) is 1.07. The van der Waals surface area contributed by atoms with Crippen LogP contribution in [-0.2, 0) is 4.79 Å². The van der Waals surface area contributed by atoms with Crippen molar-refractivity contribution in [3.8, 4) is 11.4 Å². The normalized spacial score (nSPS) is 14.1. The Hall–Kier alpha value is -3.40. The van der Waals surface area contributed by atoms with Gasteiger partial charge in [-0.25, -0.2) is 0 Å². The lowest BCUT2D eigenvalue weighted by Crippen LogP contribution is -2.23. The first-order chi connectivity index (χ1) is 15.0. The van der Waals surface area contributed by atoms with E-state index in [1.54, 1.807) is 6.92 Å². The number of nitro benzene ring substituents is 1. The summed E-state index contributed by atoms with van der Waals surface area (Å²) in [5, 5.41) is 22.6. The van der Waals surface area contributed by atoms with Crippen LogP contribution in [0.1, 0.15) is 31.5 Å². The largest absolute Gasteiger partial charge is 0.495 e. The van der Waals surface area contributed by atoms with E-state index in [4.69, 9.17) is 4.74 Å². The standard InChI is InChI=1S/C21H21N5O4S/c1-13(20(27)22-17-12-16(26(28)29)10-11-18(17)30-2)31-21-24-23-19(14-8-9-14)25(21)15-6-4-3-5-7-15/h3-7,10-14H,8-9H2,1-2H3,(H,22,27)/t13-/m1/s1. The second kappa shape index (κ2) is 8.76. The fourth-order valence-electron chi connectivity index (χ4n) is 3.14. The maximum absolute atomic E-state index is 12.9. The van der Waals surface area contributed by atoms with Crippen molar-refractivity contribution < 1.29 is 14.5 Å². The maximum Gasteiger partial charge on any atom is 0.271 e. The zero-order valence-corrected chi connectivity index (χ0v) is 17.8. The molecule has 2 aromatic carbocycles. The molecule has 4 rings (SSSR count). The van der Waals surface area contributed by atoms with Gasteiger partial charge < -0.3 is 10.1 Å². The number of nitro groups is 1. The van der Waals surface area contributed by atoms with Gasteiger partial charge in [0.25, 0.3) is 5.69 Å². The first-order valence-electron chi connectivity index (χ1n) is 9.78. The molecular weight excluding hydrogens is 418 g/mol. The molecule has 9 nitrogen and oxygen atoms in total. The van der Waals surface area contributed by atoms with Crippen LogP contribution in [0.4, 0.5) is 11.4 Å². The highest BCUT2D eigenvalue weighted by molar-refractivity contribution is 8.00. The molecule has 1 heterocycles. The number of aromatic nitrogens is 3. The summed E-state index contributed by atoms with van der Waals surface area (Å²) in [6, 6.07) is 13.9. The van der Waals surface area contributed by atoms with Gasteiger partial charge in [-0.05, 0) is 38.0 Å². The van der Waals surface area contributed by atoms with Crippen LogP contribution < -0.4 is 10.1 Å². The number of nitrogens with zero attached hydrogens (tertiary/aromatic N) is 4. The number of anilines is 1. The summed E-state index contributed by atoms with van der Waals surface area (Å²) in [5.74, 6) is 1.32. The number of thioether (sulfide) groups is 1. The fourth-order valence-corrected chi connectivity index (χ4v) is 4.01. The van der Waals surface area contributed by atoms with Crippen LogP contribution in [0.25, 0.3) is 5.69 Å². The minimum atomic E-state index is -0.525. The SMILES string of the molecule is COc1ccc([N+](=O)[O-])cc1NC(=O)[C@@H](C)Sc1nnc(C2CC2)n1-c1ccccc1. The topological polar surface area (TPSA) is 112 Å². The molecule has 1 amide bonds. The van der Waals surface area contributed by atoms with Crippen LogP contribution in [0, 0.1) is 10.1 Å². The van der Waals surface area contributed by atoms with Crippen molar-refractivity contribution in [1.29, 1.82) is 0 Å². The molecule has 31 heavy (non-hydrogen) atoms. The summed E-state index contributed by atoms with van der Waals surface area (Å²) in [4.78, 5) is 23.4. The molecule has 1 saturated carbocycles. The van der Waals surface area contributed by atoms with Gasteiger partial charge in [-0.1, -0.05) is 30.0 Å². The van der Waals surface area contributed by atoms with Gasteiger partial charge in [-0.15, -0.1) is 10.2 Å². The minimum absolute atomic E-state index is 0.130. The second-order valence-electron chi connectivity index (χ2n) is 7.18. The maximum atomic E-state index is 12.9. The van der Waals surface area contributed by atoms with E-state index < -0.39 is 10.2 Å².